The van der Waals surface area contributed by atoms with Gasteiger partial charge in [-0.1, -0.05) is 6.07 Å². The predicted molar refractivity (Wildman–Crippen MR) is 75.2 cm³/mol. The van der Waals surface area contributed by atoms with Gasteiger partial charge in [0, 0.05) is 28.6 Å². The van der Waals surface area contributed by atoms with Crippen LogP contribution in [-0.4, -0.2) is 4.98 Å². The Labute approximate surface area is 110 Å². The summed E-state index contributed by atoms with van der Waals surface area (Å²) in [5, 5.41) is 3.48. The maximum atomic E-state index is 4.03. The third-order valence-electron chi connectivity index (χ3n) is 2.70. The van der Waals surface area contributed by atoms with E-state index in [1.807, 2.05) is 24.5 Å². The van der Waals surface area contributed by atoms with Crippen LogP contribution < -0.4 is 5.32 Å². The van der Waals surface area contributed by atoms with E-state index in [9.17, 15) is 0 Å². The molecule has 88 valence electrons. The number of rotatable bonds is 3. The molecular formula is C14H15BrN2. The zero-order valence-corrected chi connectivity index (χ0v) is 11.5. The SMILES string of the molecule is Cc1ccc(NC(C)c2ccncc2)c(Br)c1. The molecule has 1 unspecified atom stereocenters. The molecule has 1 heterocycles. The largest absolute Gasteiger partial charge is 0.378 e. The number of benzene rings is 1. The summed E-state index contributed by atoms with van der Waals surface area (Å²) in [4.78, 5) is 4.03. The Balaban J connectivity index is 2.16. The lowest BCUT2D eigenvalue weighted by Gasteiger charge is -2.17. The van der Waals surface area contributed by atoms with Gasteiger partial charge in [0.15, 0.2) is 0 Å². The minimum Gasteiger partial charge on any atom is -0.378 e. The quantitative estimate of drug-likeness (QED) is 0.910. The first-order chi connectivity index (χ1) is 8.16. The third-order valence-corrected chi connectivity index (χ3v) is 3.36. The van der Waals surface area contributed by atoms with Gasteiger partial charge in [0.25, 0.3) is 0 Å². The molecule has 1 atom stereocenters. The molecule has 0 aliphatic heterocycles. The lowest BCUT2D eigenvalue weighted by atomic mass is 10.1. The first-order valence-corrected chi connectivity index (χ1v) is 6.39. The molecule has 0 saturated carbocycles. The lowest BCUT2D eigenvalue weighted by Crippen LogP contribution is -2.07. The van der Waals surface area contributed by atoms with Gasteiger partial charge in [0.2, 0.25) is 0 Å². The molecule has 3 heteroatoms. The molecule has 2 rings (SSSR count). The van der Waals surface area contributed by atoms with Crippen molar-refractivity contribution in [1.29, 1.82) is 0 Å². The molecular weight excluding hydrogens is 276 g/mol. The van der Waals surface area contributed by atoms with Crippen LogP contribution in [0.1, 0.15) is 24.1 Å². The van der Waals surface area contributed by atoms with Crippen LogP contribution >= 0.6 is 15.9 Å². The van der Waals surface area contributed by atoms with Crippen LogP contribution in [0.15, 0.2) is 47.2 Å². The molecule has 0 bridgehead atoms. The van der Waals surface area contributed by atoms with Gasteiger partial charge in [-0.15, -0.1) is 0 Å². The Morgan fingerprint density at radius 1 is 1.18 bits per heavy atom. The van der Waals surface area contributed by atoms with Crippen molar-refractivity contribution in [3.05, 3.63) is 58.3 Å². The van der Waals surface area contributed by atoms with Gasteiger partial charge in [-0.3, -0.25) is 4.98 Å². The number of aryl methyl sites for hydroxylation is 1. The summed E-state index contributed by atoms with van der Waals surface area (Å²) in [6.45, 7) is 4.22. The highest BCUT2D eigenvalue weighted by Gasteiger charge is 2.06. The zero-order valence-electron chi connectivity index (χ0n) is 9.94. The summed E-state index contributed by atoms with van der Waals surface area (Å²) in [6, 6.07) is 10.6. The van der Waals surface area contributed by atoms with Gasteiger partial charge in [0.1, 0.15) is 0 Å². The molecule has 2 nitrogen and oxygen atoms in total. The van der Waals surface area contributed by atoms with Gasteiger partial charge in [-0.25, -0.2) is 0 Å². The maximum absolute atomic E-state index is 4.03. The van der Waals surface area contributed by atoms with Crippen LogP contribution in [0.25, 0.3) is 0 Å². The third kappa shape index (κ3) is 3.07. The van der Waals surface area contributed by atoms with E-state index in [2.05, 4.69) is 58.3 Å². The first-order valence-electron chi connectivity index (χ1n) is 5.59. The van der Waals surface area contributed by atoms with Gasteiger partial charge < -0.3 is 5.32 Å². The molecule has 1 N–H and O–H groups in total. The summed E-state index contributed by atoms with van der Waals surface area (Å²) in [6.07, 6.45) is 3.63. The normalized spacial score (nSPS) is 12.2. The zero-order chi connectivity index (χ0) is 12.3. The van der Waals surface area contributed by atoms with Crippen LogP contribution in [0.3, 0.4) is 0 Å². The van der Waals surface area contributed by atoms with E-state index in [1.54, 1.807) is 0 Å². The molecule has 0 amide bonds. The van der Waals surface area contributed by atoms with Crippen LogP contribution in [0, 0.1) is 6.92 Å². The van der Waals surface area contributed by atoms with Crippen LogP contribution in [0.2, 0.25) is 0 Å². The van der Waals surface area contributed by atoms with Crippen molar-refractivity contribution >= 4 is 21.6 Å². The van der Waals surface area contributed by atoms with Gasteiger partial charge in [-0.05, 0) is 65.2 Å². The van der Waals surface area contributed by atoms with Crippen molar-refractivity contribution < 1.29 is 0 Å². The molecule has 2 aromatic rings. The van der Waals surface area contributed by atoms with Gasteiger partial charge in [-0.2, -0.15) is 0 Å². The molecule has 17 heavy (non-hydrogen) atoms. The maximum Gasteiger partial charge on any atom is 0.0489 e. The highest BCUT2D eigenvalue weighted by atomic mass is 79.9. The van der Waals surface area contributed by atoms with Crippen molar-refractivity contribution in [1.82, 2.24) is 4.98 Å². The minimum absolute atomic E-state index is 0.261. The molecule has 0 spiro atoms. The second kappa shape index (κ2) is 5.32. The monoisotopic (exact) mass is 290 g/mol. The number of anilines is 1. The fourth-order valence-corrected chi connectivity index (χ4v) is 2.31. The lowest BCUT2D eigenvalue weighted by molar-refractivity contribution is 0.879. The number of nitrogens with zero attached hydrogens (tertiary/aromatic N) is 1. The number of aromatic nitrogens is 1. The van der Waals surface area contributed by atoms with Crippen molar-refractivity contribution in [2.45, 2.75) is 19.9 Å². The molecule has 0 saturated heterocycles. The van der Waals surface area contributed by atoms with Gasteiger partial charge >= 0.3 is 0 Å². The number of nitrogens with one attached hydrogen (secondary N) is 1. The van der Waals surface area contributed by atoms with Crippen molar-refractivity contribution in [3.63, 3.8) is 0 Å². The number of hydrogen-bond acceptors (Lipinski definition) is 2. The Kier molecular flexibility index (Phi) is 3.79. The molecule has 1 aromatic carbocycles. The molecule has 0 aliphatic carbocycles. The molecule has 0 fully saturated rings. The standard InChI is InChI=1S/C14H15BrN2/c1-10-3-4-14(13(15)9-10)17-11(2)12-5-7-16-8-6-12/h3-9,11,17H,1-2H3. The van der Waals surface area contributed by atoms with E-state index in [0.717, 1.165) is 10.2 Å². The van der Waals surface area contributed by atoms with Gasteiger partial charge in [0.05, 0.1) is 0 Å². The predicted octanol–water partition coefficient (Wildman–Crippen LogP) is 4.33. The second-order valence-corrected chi connectivity index (χ2v) is 4.98. The van der Waals surface area contributed by atoms with Crippen LogP contribution in [0.5, 0.6) is 0 Å². The number of hydrogen-bond donors (Lipinski definition) is 1. The molecule has 0 radical (unpaired) electrons. The average Bonchev–Trinajstić information content (AvgIpc) is 2.34. The van der Waals surface area contributed by atoms with Crippen molar-refractivity contribution in [2.24, 2.45) is 0 Å². The summed E-state index contributed by atoms with van der Waals surface area (Å²) >= 11 is 3.57. The van der Waals surface area contributed by atoms with Crippen molar-refractivity contribution in [3.8, 4) is 0 Å². The number of halogens is 1. The second-order valence-electron chi connectivity index (χ2n) is 4.13. The average molecular weight is 291 g/mol. The van der Waals surface area contributed by atoms with Crippen LogP contribution in [0.4, 0.5) is 5.69 Å². The Morgan fingerprint density at radius 2 is 1.88 bits per heavy atom. The van der Waals surface area contributed by atoms with E-state index in [0.29, 0.717) is 0 Å². The van der Waals surface area contributed by atoms with E-state index in [4.69, 9.17) is 0 Å². The van der Waals surface area contributed by atoms with Crippen molar-refractivity contribution in [2.75, 3.05) is 5.32 Å². The first kappa shape index (κ1) is 12.1. The fourth-order valence-electron chi connectivity index (χ4n) is 1.71. The van der Waals surface area contributed by atoms with E-state index in [-0.39, 0.29) is 6.04 Å². The smallest absolute Gasteiger partial charge is 0.0489 e. The highest BCUT2D eigenvalue weighted by molar-refractivity contribution is 9.10. The van der Waals surface area contributed by atoms with E-state index >= 15 is 0 Å². The minimum atomic E-state index is 0.261. The summed E-state index contributed by atoms with van der Waals surface area (Å²) in [7, 11) is 0. The summed E-state index contributed by atoms with van der Waals surface area (Å²) < 4.78 is 1.10. The molecule has 0 aliphatic rings. The topological polar surface area (TPSA) is 24.9 Å². The van der Waals surface area contributed by atoms with Crippen LogP contribution in [-0.2, 0) is 0 Å². The Bertz CT molecular complexity index is 497. The van der Waals surface area contributed by atoms with E-state index in [1.165, 1.54) is 11.1 Å². The van der Waals surface area contributed by atoms with E-state index < -0.39 is 0 Å². The summed E-state index contributed by atoms with van der Waals surface area (Å²) in [5.41, 5.74) is 3.59. The molecule has 1 aromatic heterocycles. The number of pyridine rings is 1. The highest BCUT2D eigenvalue weighted by Crippen LogP contribution is 2.27. The fraction of sp³-hybridized carbons (Fsp3) is 0.214. The Morgan fingerprint density at radius 3 is 2.53 bits per heavy atom. The summed E-state index contributed by atoms with van der Waals surface area (Å²) in [5.74, 6) is 0. The Hall–Kier alpha value is -1.35.